The highest BCUT2D eigenvalue weighted by atomic mass is 16.2. The first-order valence-corrected chi connectivity index (χ1v) is 7.01. The Labute approximate surface area is 122 Å². The lowest BCUT2D eigenvalue weighted by atomic mass is 10.2. The van der Waals surface area contributed by atoms with Crippen LogP contribution in [0, 0.1) is 0 Å². The SMILES string of the molecule is CN(Cc1cc(C2CC2)n[nH]1)C(=O)C(=O)c1cccn1C. The van der Waals surface area contributed by atoms with Gasteiger partial charge in [-0.3, -0.25) is 14.7 Å². The number of likely N-dealkylation sites (N-methyl/N-ethyl adjacent to an activating group) is 1. The third kappa shape index (κ3) is 2.74. The third-order valence-corrected chi connectivity index (χ3v) is 3.77. The summed E-state index contributed by atoms with van der Waals surface area (Å²) in [6.45, 7) is 0.356. The van der Waals surface area contributed by atoms with E-state index in [0.717, 1.165) is 11.4 Å². The van der Waals surface area contributed by atoms with Crippen molar-refractivity contribution in [1.82, 2.24) is 19.7 Å². The monoisotopic (exact) mass is 286 g/mol. The highest BCUT2D eigenvalue weighted by Crippen LogP contribution is 2.39. The van der Waals surface area contributed by atoms with Gasteiger partial charge in [0.1, 0.15) is 0 Å². The van der Waals surface area contributed by atoms with Gasteiger partial charge in [-0.1, -0.05) is 0 Å². The van der Waals surface area contributed by atoms with E-state index in [1.807, 2.05) is 6.07 Å². The van der Waals surface area contributed by atoms with Crippen molar-refractivity contribution in [2.24, 2.45) is 7.05 Å². The molecule has 0 aromatic carbocycles. The smallest absolute Gasteiger partial charge is 0.296 e. The minimum atomic E-state index is -0.514. The maximum Gasteiger partial charge on any atom is 0.296 e. The zero-order valence-corrected chi connectivity index (χ0v) is 12.2. The number of aryl methyl sites for hydroxylation is 1. The molecule has 0 radical (unpaired) electrons. The van der Waals surface area contributed by atoms with Crippen molar-refractivity contribution in [3.63, 3.8) is 0 Å². The average molecular weight is 286 g/mol. The lowest BCUT2D eigenvalue weighted by Crippen LogP contribution is -2.33. The van der Waals surface area contributed by atoms with Crippen molar-refractivity contribution < 1.29 is 9.59 Å². The van der Waals surface area contributed by atoms with Gasteiger partial charge in [0.05, 0.1) is 23.6 Å². The predicted molar refractivity (Wildman–Crippen MR) is 76.8 cm³/mol. The van der Waals surface area contributed by atoms with E-state index in [1.165, 1.54) is 17.7 Å². The van der Waals surface area contributed by atoms with Crippen molar-refractivity contribution in [3.8, 4) is 0 Å². The first kappa shape index (κ1) is 13.6. The van der Waals surface area contributed by atoms with Crippen LogP contribution in [0.5, 0.6) is 0 Å². The van der Waals surface area contributed by atoms with Crippen molar-refractivity contribution in [2.75, 3.05) is 7.05 Å². The van der Waals surface area contributed by atoms with Gasteiger partial charge < -0.3 is 9.47 Å². The first-order chi connectivity index (χ1) is 10.1. The van der Waals surface area contributed by atoms with Crippen molar-refractivity contribution in [3.05, 3.63) is 41.5 Å². The second kappa shape index (κ2) is 5.20. The molecule has 0 unspecified atom stereocenters. The van der Waals surface area contributed by atoms with Gasteiger partial charge in [0.2, 0.25) is 0 Å². The number of carbonyl (C=O) groups is 2. The van der Waals surface area contributed by atoms with Gasteiger partial charge in [0.15, 0.2) is 0 Å². The zero-order valence-electron chi connectivity index (χ0n) is 12.2. The summed E-state index contributed by atoms with van der Waals surface area (Å²) in [5.41, 5.74) is 2.31. The number of rotatable bonds is 5. The highest BCUT2D eigenvalue weighted by Gasteiger charge is 2.27. The summed E-state index contributed by atoms with van der Waals surface area (Å²) < 4.78 is 1.65. The lowest BCUT2D eigenvalue weighted by molar-refractivity contribution is -0.125. The molecule has 2 heterocycles. The lowest BCUT2D eigenvalue weighted by Gasteiger charge is -2.15. The van der Waals surface area contributed by atoms with Gasteiger partial charge in [-0.25, -0.2) is 0 Å². The van der Waals surface area contributed by atoms with Crippen molar-refractivity contribution in [2.45, 2.75) is 25.3 Å². The van der Waals surface area contributed by atoms with Gasteiger partial charge in [-0.15, -0.1) is 0 Å². The molecule has 0 atom stereocenters. The van der Waals surface area contributed by atoms with Crippen LogP contribution in [0.1, 0.15) is 40.6 Å². The summed E-state index contributed by atoms with van der Waals surface area (Å²) in [4.78, 5) is 25.7. The normalized spacial score (nSPS) is 14.2. The standard InChI is InChI=1S/C15H18N4O2/c1-18-7-3-4-13(18)14(20)15(21)19(2)9-11-8-12(17-16-11)10-5-6-10/h3-4,7-8,10H,5-6,9H2,1-2H3,(H,16,17). The van der Waals surface area contributed by atoms with Gasteiger partial charge in [0.25, 0.3) is 11.7 Å². The molecule has 110 valence electrons. The topological polar surface area (TPSA) is 71.0 Å². The first-order valence-electron chi connectivity index (χ1n) is 7.01. The molecule has 1 fully saturated rings. The molecule has 3 rings (SSSR count). The second-order valence-corrected chi connectivity index (χ2v) is 5.59. The van der Waals surface area contributed by atoms with E-state index < -0.39 is 11.7 Å². The number of ketones is 1. The number of hydrogen-bond acceptors (Lipinski definition) is 3. The van der Waals surface area contributed by atoms with Crippen molar-refractivity contribution >= 4 is 11.7 Å². The fourth-order valence-electron chi connectivity index (χ4n) is 2.36. The molecule has 0 spiro atoms. The molecule has 0 bridgehead atoms. The minimum Gasteiger partial charge on any atom is -0.348 e. The molecule has 1 aliphatic rings. The number of Topliss-reactive ketones (excluding diaryl/α,β-unsaturated/α-hetero) is 1. The van der Waals surface area contributed by atoms with Crippen LogP contribution in [0.3, 0.4) is 0 Å². The molecule has 0 aliphatic heterocycles. The van der Waals surface area contributed by atoms with E-state index in [-0.39, 0.29) is 0 Å². The Kier molecular flexibility index (Phi) is 3.37. The quantitative estimate of drug-likeness (QED) is 0.668. The van der Waals surface area contributed by atoms with Gasteiger partial charge >= 0.3 is 0 Å². The summed E-state index contributed by atoms with van der Waals surface area (Å²) >= 11 is 0. The fourth-order valence-corrected chi connectivity index (χ4v) is 2.36. The number of aromatic nitrogens is 3. The number of nitrogens with zero attached hydrogens (tertiary/aromatic N) is 3. The molecule has 1 aliphatic carbocycles. The van der Waals surface area contributed by atoms with Crippen LogP contribution in [0.15, 0.2) is 24.4 Å². The Morgan fingerprint density at radius 3 is 2.86 bits per heavy atom. The summed E-state index contributed by atoms with van der Waals surface area (Å²) in [7, 11) is 3.37. The Morgan fingerprint density at radius 1 is 1.48 bits per heavy atom. The number of aromatic amines is 1. The number of hydrogen-bond donors (Lipinski definition) is 1. The van der Waals surface area contributed by atoms with E-state index in [0.29, 0.717) is 18.2 Å². The van der Waals surface area contributed by atoms with E-state index in [2.05, 4.69) is 10.2 Å². The third-order valence-electron chi connectivity index (χ3n) is 3.77. The van der Waals surface area contributed by atoms with Crippen LogP contribution in [0.2, 0.25) is 0 Å². The minimum absolute atomic E-state index is 0.356. The van der Waals surface area contributed by atoms with Crippen LogP contribution < -0.4 is 0 Å². The van der Waals surface area contributed by atoms with Crippen LogP contribution >= 0.6 is 0 Å². The maximum atomic E-state index is 12.2. The Bertz CT molecular complexity index is 681. The second-order valence-electron chi connectivity index (χ2n) is 5.59. The molecule has 2 aromatic rings. The zero-order chi connectivity index (χ0) is 15.0. The van der Waals surface area contributed by atoms with E-state index >= 15 is 0 Å². The molecule has 0 saturated heterocycles. The summed E-state index contributed by atoms with van der Waals surface area (Å²) in [6.07, 6.45) is 4.12. The molecular formula is C15H18N4O2. The molecule has 1 saturated carbocycles. The Balaban J connectivity index is 1.66. The maximum absolute atomic E-state index is 12.2. The van der Waals surface area contributed by atoms with Crippen LogP contribution in [-0.4, -0.2) is 38.4 Å². The largest absolute Gasteiger partial charge is 0.348 e. The molecule has 2 aromatic heterocycles. The van der Waals surface area contributed by atoms with Crippen molar-refractivity contribution in [1.29, 1.82) is 0 Å². The Morgan fingerprint density at radius 2 is 2.24 bits per heavy atom. The highest BCUT2D eigenvalue weighted by molar-refractivity contribution is 6.42. The summed E-state index contributed by atoms with van der Waals surface area (Å²) in [5.74, 6) is -0.438. The van der Waals surface area contributed by atoms with Crippen LogP contribution in [0.25, 0.3) is 0 Å². The van der Waals surface area contributed by atoms with E-state index in [9.17, 15) is 9.59 Å². The molecule has 6 nitrogen and oxygen atoms in total. The van der Waals surface area contributed by atoms with Crippen LogP contribution in [-0.2, 0) is 18.4 Å². The number of H-pyrrole nitrogens is 1. The molecule has 1 N–H and O–H groups in total. The Hall–Kier alpha value is -2.37. The van der Waals surface area contributed by atoms with E-state index in [1.54, 1.807) is 37.0 Å². The number of nitrogens with one attached hydrogen (secondary N) is 1. The average Bonchev–Trinajstić information content (AvgIpc) is 3.07. The fraction of sp³-hybridized carbons (Fsp3) is 0.400. The number of carbonyl (C=O) groups excluding carboxylic acids is 2. The predicted octanol–water partition coefficient (Wildman–Crippen LogP) is 1.47. The van der Waals surface area contributed by atoms with Crippen LogP contribution in [0.4, 0.5) is 0 Å². The van der Waals surface area contributed by atoms with Gasteiger partial charge in [-0.05, 0) is 31.0 Å². The van der Waals surface area contributed by atoms with Gasteiger partial charge in [-0.2, -0.15) is 5.10 Å². The molecule has 1 amide bonds. The summed E-state index contributed by atoms with van der Waals surface area (Å²) in [5, 5.41) is 7.18. The van der Waals surface area contributed by atoms with E-state index in [4.69, 9.17) is 0 Å². The molecule has 6 heteroatoms. The number of amides is 1. The molecule has 21 heavy (non-hydrogen) atoms. The summed E-state index contributed by atoms with van der Waals surface area (Å²) in [6, 6.07) is 5.38. The molecular weight excluding hydrogens is 268 g/mol. The van der Waals surface area contributed by atoms with Gasteiger partial charge in [0, 0.05) is 26.2 Å².